The molecule has 1 saturated heterocycles. The van der Waals surface area contributed by atoms with Gasteiger partial charge in [0.15, 0.2) is 0 Å². The first-order chi connectivity index (χ1) is 12.7. The first kappa shape index (κ1) is 19.6. The van der Waals surface area contributed by atoms with Crippen LogP contribution in [0.15, 0.2) is 16.7 Å². The number of nitrogens with one attached hydrogen (secondary N) is 1. The van der Waals surface area contributed by atoms with Gasteiger partial charge >= 0.3 is 0 Å². The molecule has 0 aliphatic carbocycles. The summed E-state index contributed by atoms with van der Waals surface area (Å²) >= 11 is 0. The van der Waals surface area contributed by atoms with Gasteiger partial charge in [-0.1, -0.05) is 25.9 Å². The van der Waals surface area contributed by atoms with Crippen LogP contribution >= 0.6 is 0 Å². The monoisotopic (exact) mass is 374 g/mol. The molecule has 1 N–H and O–H groups in total. The van der Waals surface area contributed by atoms with Crippen LogP contribution in [0, 0.1) is 6.92 Å². The predicted molar refractivity (Wildman–Crippen MR) is 103 cm³/mol. The van der Waals surface area contributed by atoms with Crippen molar-refractivity contribution in [1.82, 2.24) is 24.7 Å². The molecule has 3 rings (SSSR count). The van der Waals surface area contributed by atoms with Crippen molar-refractivity contribution >= 4 is 11.7 Å². The number of hydrogen-bond donors (Lipinski definition) is 1. The van der Waals surface area contributed by atoms with Crippen LogP contribution in [0.1, 0.15) is 37.9 Å². The van der Waals surface area contributed by atoms with E-state index in [-0.39, 0.29) is 11.3 Å². The normalized spacial score (nSPS) is 16.6. The summed E-state index contributed by atoms with van der Waals surface area (Å²) in [6.07, 6.45) is 0. The Labute approximate surface area is 160 Å². The largest absolute Gasteiger partial charge is 0.361 e. The van der Waals surface area contributed by atoms with Crippen LogP contribution in [0.5, 0.6) is 0 Å². The Bertz CT molecular complexity index is 780. The Balaban J connectivity index is 1.46. The summed E-state index contributed by atoms with van der Waals surface area (Å²) in [6, 6.07) is 3.93. The molecule has 0 atom stereocenters. The van der Waals surface area contributed by atoms with E-state index in [1.807, 2.05) is 26.1 Å². The third-order valence-electron chi connectivity index (χ3n) is 4.81. The van der Waals surface area contributed by atoms with Crippen LogP contribution in [-0.4, -0.2) is 63.4 Å². The molecule has 0 spiro atoms. The zero-order valence-corrected chi connectivity index (χ0v) is 16.9. The summed E-state index contributed by atoms with van der Waals surface area (Å²) in [6.45, 7) is 13.0. The van der Waals surface area contributed by atoms with Crippen molar-refractivity contribution in [2.45, 2.75) is 39.7 Å². The first-order valence-corrected chi connectivity index (χ1v) is 9.42. The van der Waals surface area contributed by atoms with Crippen molar-refractivity contribution in [3.63, 3.8) is 0 Å². The maximum Gasteiger partial charge on any atom is 0.239 e. The lowest BCUT2D eigenvalue weighted by Gasteiger charge is -2.33. The number of hydrogen-bond acceptors (Lipinski definition) is 6. The molecule has 3 heterocycles. The number of aryl methyl sites for hydroxylation is 2. The molecule has 8 nitrogen and oxygen atoms in total. The van der Waals surface area contributed by atoms with Gasteiger partial charge in [-0.25, -0.2) is 0 Å². The molecular weight excluding hydrogens is 344 g/mol. The summed E-state index contributed by atoms with van der Waals surface area (Å²) in [5, 5.41) is 11.5. The minimum absolute atomic E-state index is 0.000893. The van der Waals surface area contributed by atoms with Gasteiger partial charge in [-0.3, -0.25) is 19.3 Å². The quantitative estimate of drug-likeness (QED) is 0.859. The highest BCUT2D eigenvalue weighted by Gasteiger charge is 2.22. The maximum atomic E-state index is 12.4. The minimum Gasteiger partial charge on any atom is -0.361 e. The van der Waals surface area contributed by atoms with Gasteiger partial charge in [-0.05, 0) is 6.92 Å². The molecule has 0 bridgehead atoms. The number of aromatic nitrogens is 3. The van der Waals surface area contributed by atoms with E-state index in [4.69, 9.17) is 4.52 Å². The second-order valence-corrected chi connectivity index (χ2v) is 8.32. The number of carbonyl (C=O) groups excluding carboxylic acids is 1. The molecule has 1 amide bonds. The zero-order valence-electron chi connectivity index (χ0n) is 16.9. The molecule has 0 aromatic carbocycles. The molecule has 0 saturated carbocycles. The number of amides is 1. The molecule has 2 aromatic rings. The van der Waals surface area contributed by atoms with Gasteiger partial charge in [0.1, 0.15) is 11.6 Å². The molecule has 1 aliphatic rings. The Kier molecular flexibility index (Phi) is 5.67. The van der Waals surface area contributed by atoms with Crippen LogP contribution in [0.25, 0.3) is 0 Å². The molecular formula is C19H30N6O2. The van der Waals surface area contributed by atoms with E-state index in [0.717, 1.165) is 55.7 Å². The average Bonchev–Trinajstić information content (AvgIpc) is 3.15. The van der Waals surface area contributed by atoms with E-state index in [0.29, 0.717) is 6.54 Å². The molecule has 27 heavy (non-hydrogen) atoms. The van der Waals surface area contributed by atoms with Gasteiger partial charge < -0.3 is 9.84 Å². The topological polar surface area (TPSA) is 79.4 Å². The van der Waals surface area contributed by atoms with E-state index < -0.39 is 0 Å². The number of rotatable bonds is 5. The predicted octanol–water partition coefficient (Wildman–Crippen LogP) is 1.77. The van der Waals surface area contributed by atoms with E-state index in [1.165, 1.54) is 0 Å². The average molecular weight is 374 g/mol. The van der Waals surface area contributed by atoms with Crippen molar-refractivity contribution in [3.8, 4) is 0 Å². The summed E-state index contributed by atoms with van der Waals surface area (Å²) in [4.78, 5) is 17.0. The fourth-order valence-electron chi connectivity index (χ4n) is 3.16. The third kappa shape index (κ3) is 5.17. The molecule has 148 valence electrons. The number of carbonyl (C=O) groups is 1. The smallest absolute Gasteiger partial charge is 0.239 e. The van der Waals surface area contributed by atoms with Crippen LogP contribution in [0.4, 0.5) is 5.82 Å². The lowest BCUT2D eigenvalue weighted by Crippen LogP contribution is -2.48. The maximum absolute atomic E-state index is 12.4. The van der Waals surface area contributed by atoms with Gasteiger partial charge in [-0.2, -0.15) is 5.10 Å². The zero-order chi connectivity index (χ0) is 19.6. The van der Waals surface area contributed by atoms with Crippen LogP contribution in [0.2, 0.25) is 0 Å². The number of piperazine rings is 1. The fourth-order valence-corrected chi connectivity index (χ4v) is 3.16. The molecule has 2 aromatic heterocycles. The van der Waals surface area contributed by atoms with E-state index in [1.54, 1.807) is 4.68 Å². The lowest BCUT2D eigenvalue weighted by atomic mass is 9.92. The molecule has 0 unspecified atom stereocenters. The summed E-state index contributed by atoms with van der Waals surface area (Å²) < 4.78 is 6.85. The van der Waals surface area contributed by atoms with Gasteiger partial charge in [0.25, 0.3) is 0 Å². The van der Waals surface area contributed by atoms with Crippen molar-refractivity contribution in [3.05, 3.63) is 29.3 Å². The van der Waals surface area contributed by atoms with Gasteiger partial charge in [0.05, 0.1) is 17.9 Å². The SMILES string of the molecule is Cc1cc(CN2CCN(CC(=O)Nc3cc(C(C)(C)C)nn3C)CC2)no1. The highest BCUT2D eigenvalue weighted by Crippen LogP contribution is 2.23. The fraction of sp³-hybridized carbons (Fsp3) is 0.632. The van der Waals surface area contributed by atoms with E-state index in [2.05, 4.69) is 46.1 Å². The highest BCUT2D eigenvalue weighted by atomic mass is 16.5. The number of nitrogens with zero attached hydrogens (tertiary/aromatic N) is 5. The summed E-state index contributed by atoms with van der Waals surface area (Å²) in [5.41, 5.74) is 1.89. The minimum atomic E-state index is -0.0422. The second-order valence-electron chi connectivity index (χ2n) is 8.32. The highest BCUT2D eigenvalue weighted by molar-refractivity contribution is 5.91. The van der Waals surface area contributed by atoms with E-state index in [9.17, 15) is 4.79 Å². The number of anilines is 1. The Hall–Kier alpha value is -2.19. The first-order valence-electron chi connectivity index (χ1n) is 9.42. The van der Waals surface area contributed by atoms with Crippen LogP contribution in [-0.2, 0) is 23.8 Å². The molecule has 0 radical (unpaired) electrons. The Morgan fingerprint density at radius 2 is 1.85 bits per heavy atom. The summed E-state index contributed by atoms with van der Waals surface area (Å²) in [7, 11) is 1.86. The molecule has 1 fully saturated rings. The van der Waals surface area contributed by atoms with Gasteiger partial charge in [0.2, 0.25) is 5.91 Å². The van der Waals surface area contributed by atoms with Crippen molar-refractivity contribution in [1.29, 1.82) is 0 Å². The van der Waals surface area contributed by atoms with Crippen molar-refractivity contribution in [2.75, 3.05) is 38.0 Å². The van der Waals surface area contributed by atoms with Gasteiger partial charge in [-0.15, -0.1) is 0 Å². The Morgan fingerprint density at radius 3 is 2.41 bits per heavy atom. The van der Waals surface area contributed by atoms with Crippen molar-refractivity contribution in [2.24, 2.45) is 7.05 Å². The second kappa shape index (κ2) is 7.82. The van der Waals surface area contributed by atoms with Crippen LogP contribution in [0.3, 0.4) is 0 Å². The van der Waals surface area contributed by atoms with Gasteiger partial charge in [0, 0.05) is 57.3 Å². The molecule has 1 aliphatic heterocycles. The molecule has 8 heteroatoms. The standard InChI is InChI=1S/C19H30N6O2/c1-14-10-15(22-27-14)12-24-6-8-25(9-7-24)13-18(26)20-17-11-16(19(2,3)4)21-23(17)5/h10-11H,6-9,12-13H2,1-5H3,(H,20,26). The van der Waals surface area contributed by atoms with E-state index >= 15 is 0 Å². The van der Waals surface area contributed by atoms with Crippen molar-refractivity contribution < 1.29 is 9.32 Å². The summed E-state index contributed by atoms with van der Waals surface area (Å²) in [5.74, 6) is 1.58. The Morgan fingerprint density at radius 1 is 1.19 bits per heavy atom. The third-order valence-corrected chi connectivity index (χ3v) is 4.81. The van der Waals surface area contributed by atoms with Crippen LogP contribution < -0.4 is 5.32 Å². The lowest BCUT2D eigenvalue weighted by molar-refractivity contribution is -0.117.